The van der Waals surface area contributed by atoms with Crippen LogP contribution < -0.4 is 0 Å². The van der Waals surface area contributed by atoms with Crippen molar-refractivity contribution in [2.24, 2.45) is 0 Å². The van der Waals surface area contributed by atoms with Gasteiger partial charge in [-0.2, -0.15) is 39.2 Å². The second kappa shape index (κ2) is 4.01. The maximum Gasteiger partial charge on any atom is 0.460 e. The van der Waals surface area contributed by atoms with E-state index in [-0.39, 0.29) is 0 Å². The number of alkyl halides is 8. The summed E-state index contributed by atoms with van der Waals surface area (Å²) < 4.78 is 126. The van der Waals surface area contributed by atoms with Gasteiger partial charge in [0.2, 0.25) is 0 Å². The minimum absolute atomic E-state index is 2.05. The van der Waals surface area contributed by atoms with Crippen LogP contribution in [0.15, 0.2) is 0 Å². The summed E-state index contributed by atoms with van der Waals surface area (Å²) in [7, 11) is -6.88. The minimum atomic E-state index is -7.20. The van der Waals surface area contributed by atoms with E-state index in [0.717, 1.165) is 0 Å². The Morgan fingerprint density at radius 1 is 0.833 bits per heavy atom. The predicted molar refractivity (Wildman–Crippen MR) is 37.4 cm³/mol. The number of halogens is 8. The second-order valence-corrected chi connectivity index (χ2v) is 4.43. The molecule has 0 rings (SSSR count). The Hall–Kier alpha value is -0.980. The van der Waals surface area contributed by atoms with E-state index >= 15 is 0 Å². The average molecular weight is 310 g/mol. The molecule has 0 aliphatic heterocycles. The number of aldehydes is 1. The van der Waals surface area contributed by atoms with Crippen LogP contribution in [0.2, 0.25) is 0 Å². The third-order valence-corrected chi connectivity index (χ3v) is 2.81. The molecule has 1 atom stereocenters. The van der Waals surface area contributed by atoms with Crippen LogP contribution in [0.25, 0.3) is 0 Å². The molecule has 0 fully saturated rings. The second-order valence-electron chi connectivity index (χ2n) is 2.88. The number of carbonyl (C=O) groups is 1. The third kappa shape index (κ3) is 2.04. The van der Waals surface area contributed by atoms with E-state index in [9.17, 15) is 48.3 Å². The Kier molecular flexibility index (Phi) is 3.79. The van der Waals surface area contributed by atoms with E-state index in [4.69, 9.17) is 4.55 Å². The molecule has 13 heteroatoms. The summed E-state index contributed by atoms with van der Waals surface area (Å²) in [6.45, 7) is 0. The smallest absolute Gasteiger partial charge is 0.298 e. The van der Waals surface area contributed by atoms with E-state index in [0.29, 0.717) is 0 Å². The highest BCUT2D eigenvalue weighted by Crippen LogP contribution is 2.53. The first-order valence-electron chi connectivity index (χ1n) is 3.51. The fraction of sp³-hybridized carbons (Fsp3) is 0.800. The van der Waals surface area contributed by atoms with E-state index in [1.54, 1.807) is 0 Å². The molecule has 0 radical (unpaired) electrons. The molecule has 0 aromatic carbocycles. The topological polar surface area (TPSA) is 71.4 Å². The summed E-state index contributed by atoms with van der Waals surface area (Å²) in [5.41, 5.74) is 0. The van der Waals surface area contributed by atoms with Crippen LogP contribution in [-0.2, 0) is 14.9 Å². The van der Waals surface area contributed by atoms with Gasteiger partial charge in [0.05, 0.1) is 0 Å². The number of hydrogen-bond donors (Lipinski definition) is 1. The van der Waals surface area contributed by atoms with Crippen molar-refractivity contribution >= 4 is 16.4 Å². The van der Waals surface area contributed by atoms with Gasteiger partial charge in [0.15, 0.2) is 6.29 Å². The summed E-state index contributed by atoms with van der Waals surface area (Å²) in [6.07, 6.45) is -9.11. The molecule has 0 heterocycles. The van der Waals surface area contributed by atoms with Crippen molar-refractivity contribution in [3.63, 3.8) is 0 Å². The quantitative estimate of drug-likeness (QED) is 0.486. The van der Waals surface area contributed by atoms with E-state index < -0.39 is 39.4 Å². The van der Waals surface area contributed by atoms with E-state index in [2.05, 4.69) is 0 Å². The van der Waals surface area contributed by atoms with Crippen molar-refractivity contribution in [3.8, 4) is 0 Å². The Bertz CT molecular complexity index is 439. The highest BCUT2D eigenvalue weighted by Gasteiger charge is 2.84. The zero-order valence-electron chi connectivity index (χ0n) is 7.68. The number of hydrogen-bond acceptors (Lipinski definition) is 3. The lowest BCUT2D eigenvalue weighted by Gasteiger charge is -2.33. The predicted octanol–water partition coefficient (Wildman–Crippen LogP) is 1.57. The molecule has 0 aromatic heterocycles. The summed E-state index contributed by atoms with van der Waals surface area (Å²) in [5.74, 6) is -14.3. The molecule has 0 aromatic rings. The van der Waals surface area contributed by atoms with Crippen molar-refractivity contribution in [2.75, 3.05) is 0 Å². The molecular weight excluding hydrogens is 308 g/mol. The molecule has 0 aliphatic carbocycles. The largest absolute Gasteiger partial charge is 0.460 e. The summed E-state index contributed by atoms with van der Waals surface area (Å²) in [5, 5.41) is -6.14. The lowest BCUT2D eigenvalue weighted by atomic mass is 10.1. The summed E-state index contributed by atoms with van der Waals surface area (Å²) in [4.78, 5) is 9.80. The van der Waals surface area contributed by atoms with Crippen LogP contribution in [0.3, 0.4) is 0 Å². The standard InChI is InChI=1S/C5H2F8O4S/c6-2(1-14,18(15,16)17)3(7,8)4(9,10)5(11,12)13/h1H,(H,15,16,17). The number of carbonyl (C=O) groups excluding carboxylic acids is 1. The average Bonchev–Trinajstić information content (AvgIpc) is 2.12. The van der Waals surface area contributed by atoms with Gasteiger partial charge in [0, 0.05) is 0 Å². The molecule has 108 valence electrons. The molecule has 0 aliphatic rings. The molecule has 0 bridgehead atoms. The Morgan fingerprint density at radius 2 is 1.17 bits per heavy atom. The Balaban J connectivity index is 6.17. The maximum absolute atomic E-state index is 12.9. The van der Waals surface area contributed by atoms with Crippen LogP contribution in [0, 0.1) is 0 Å². The van der Waals surface area contributed by atoms with E-state index in [1.807, 2.05) is 0 Å². The SMILES string of the molecule is O=CC(F)(C(F)(F)C(F)(F)C(F)(F)F)S(=O)(=O)O. The Labute approximate surface area is 93.3 Å². The fourth-order valence-electron chi connectivity index (χ4n) is 0.689. The summed E-state index contributed by atoms with van der Waals surface area (Å²) in [6, 6.07) is 0. The lowest BCUT2D eigenvalue weighted by molar-refractivity contribution is -0.366. The minimum Gasteiger partial charge on any atom is -0.298 e. The molecule has 0 amide bonds. The van der Waals surface area contributed by atoms with Crippen LogP contribution in [-0.4, -0.2) is 42.3 Å². The monoisotopic (exact) mass is 310 g/mol. The maximum atomic E-state index is 12.9. The molecule has 0 saturated carbocycles. The van der Waals surface area contributed by atoms with Gasteiger partial charge in [0.1, 0.15) is 0 Å². The molecule has 18 heavy (non-hydrogen) atoms. The molecule has 1 N–H and O–H groups in total. The van der Waals surface area contributed by atoms with E-state index in [1.165, 1.54) is 0 Å². The first-order chi connectivity index (χ1) is 7.56. The van der Waals surface area contributed by atoms with Gasteiger partial charge < -0.3 is 0 Å². The lowest BCUT2D eigenvalue weighted by Crippen LogP contribution is -2.65. The van der Waals surface area contributed by atoms with Crippen molar-refractivity contribution < 1.29 is 52.9 Å². The molecule has 0 saturated heterocycles. The van der Waals surface area contributed by atoms with Gasteiger partial charge in [-0.15, -0.1) is 0 Å². The summed E-state index contributed by atoms with van der Waals surface area (Å²) >= 11 is 0. The zero-order chi connectivity index (χ0) is 15.2. The Morgan fingerprint density at radius 3 is 1.33 bits per heavy atom. The van der Waals surface area contributed by atoms with Gasteiger partial charge in [-0.3, -0.25) is 9.35 Å². The molecule has 0 spiro atoms. The van der Waals surface area contributed by atoms with Crippen molar-refractivity contribution in [2.45, 2.75) is 23.0 Å². The van der Waals surface area contributed by atoms with Crippen LogP contribution in [0.5, 0.6) is 0 Å². The highest BCUT2D eigenvalue weighted by atomic mass is 32.2. The van der Waals surface area contributed by atoms with Gasteiger partial charge in [0.25, 0.3) is 0 Å². The van der Waals surface area contributed by atoms with Gasteiger partial charge in [-0.25, -0.2) is 4.39 Å². The zero-order valence-corrected chi connectivity index (χ0v) is 8.50. The number of rotatable bonds is 4. The van der Waals surface area contributed by atoms with Crippen molar-refractivity contribution in [1.29, 1.82) is 0 Å². The van der Waals surface area contributed by atoms with Crippen LogP contribution >= 0.6 is 0 Å². The highest BCUT2D eigenvalue weighted by molar-refractivity contribution is 7.87. The van der Waals surface area contributed by atoms with Gasteiger partial charge in [-0.05, 0) is 0 Å². The van der Waals surface area contributed by atoms with Crippen LogP contribution in [0.1, 0.15) is 0 Å². The molecule has 4 nitrogen and oxygen atoms in total. The van der Waals surface area contributed by atoms with Crippen molar-refractivity contribution in [1.82, 2.24) is 0 Å². The normalized spacial score (nSPS) is 18.3. The molecular formula is C5H2F8O4S. The van der Waals surface area contributed by atoms with Crippen molar-refractivity contribution in [3.05, 3.63) is 0 Å². The van der Waals surface area contributed by atoms with Gasteiger partial charge in [-0.1, -0.05) is 0 Å². The first kappa shape index (κ1) is 17.0. The van der Waals surface area contributed by atoms with Gasteiger partial charge >= 0.3 is 33.1 Å². The van der Waals surface area contributed by atoms with Crippen LogP contribution in [0.4, 0.5) is 35.1 Å². The third-order valence-electron chi connectivity index (χ3n) is 1.71. The first-order valence-corrected chi connectivity index (χ1v) is 4.95. The fourth-order valence-corrected chi connectivity index (χ4v) is 1.26. The molecule has 1 unspecified atom stereocenters.